The van der Waals surface area contributed by atoms with Crippen LogP contribution in [0.25, 0.3) is 10.9 Å². The summed E-state index contributed by atoms with van der Waals surface area (Å²) in [6.45, 7) is -0.0699. The monoisotopic (exact) mass is 456 g/mol. The van der Waals surface area contributed by atoms with Gasteiger partial charge in [-0.05, 0) is 17.7 Å². The maximum Gasteiger partial charge on any atom is 0.257 e. The van der Waals surface area contributed by atoms with Crippen LogP contribution in [0.5, 0.6) is 0 Å². The Hall–Kier alpha value is -3.82. The molecule has 2 fully saturated rings. The topological polar surface area (TPSA) is 85.5 Å². The van der Waals surface area contributed by atoms with Crippen molar-refractivity contribution in [1.82, 2.24) is 20.1 Å². The smallest absolute Gasteiger partial charge is 0.257 e. The average molecular weight is 456 g/mol. The number of aromatic nitrogens is 1. The Balaban J connectivity index is 1.32. The molecule has 5 rings (SSSR count). The summed E-state index contributed by atoms with van der Waals surface area (Å²) in [7, 11) is 0. The van der Waals surface area contributed by atoms with Crippen molar-refractivity contribution in [3.8, 4) is 0 Å². The molecular formula is C23H19F3N4O3. The van der Waals surface area contributed by atoms with Crippen LogP contribution in [-0.2, 0) is 16.0 Å². The van der Waals surface area contributed by atoms with E-state index in [2.05, 4.69) is 10.3 Å². The van der Waals surface area contributed by atoms with E-state index in [1.807, 2.05) is 30.5 Å². The molecule has 3 amide bonds. The number of rotatable bonds is 3. The summed E-state index contributed by atoms with van der Waals surface area (Å²) < 4.78 is 40.8. The normalized spacial score (nSPS) is 20.7. The van der Waals surface area contributed by atoms with Crippen molar-refractivity contribution in [3.63, 3.8) is 0 Å². The van der Waals surface area contributed by atoms with E-state index in [0.29, 0.717) is 18.6 Å². The average Bonchev–Trinajstić information content (AvgIpc) is 3.22. The van der Waals surface area contributed by atoms with Gasteiger partial charge in [-0.3, -0.25) is 14.4 Å². The third kappa shape index (κ3) is 3.61. The number of H-pyrrole nitrogens is 1. The quantitative estimate of drug-likeness (QED) is 0.591. The molecular weight excluding hydrogens is 437 g/mol. The number of carbonyl (C=O) groups is 3. The van der Waals surface area contributed by atoms with Crippen LogP contribution >= 0.6 is 0 Å². The fourth-order valence-electron chi connectivity index (χ4n) is 4.50. The zero-order chi connectivity index (χ0) is 23.3. The van der Waals surface area contributed by atoms with E-state index in [1.54, 1.807) is 0 Å². The van der Waals surface area contributed by atoms with Gasteiger partial charge in [0, 0.05) is 42.7 Å². The molecule has 2 aromatic carbocycles. The first-order valence-corrected chi connectivity index (χ1v) is 10.4. The van der Waals surface area contributed by atoms with Gasteiger partial charge in [0.05, 0.1) is 12.1 Å². The first-order valence-electron chi connectivity index (χ1n) is 10.4. The summed E-state index contributed by atoms with van der Waals surface area (Å²) in [5.41, 5.74) is 1.20. The molecule has 1 aromatic heterocycles. The van der Waals surface area contributed by atoms with Gasteiger partial charge in [-0.1, -0.05) is 18.2 Å². The number of nitrogens with zero attached hydrogens (tertiary/aromatic N) is 2. The van der Waals surface area contributed by atoms with Crippen LogP contribution in [0.4, 0.5) is 13.2 Å². The molecule has 0 bridgehead atoms. The Morgan fingerprint density at radius 2 is 1.79 bits per heavy atom. The van der Waals surface area contributed by atoms with E-state index in [9.17, 15) is 27.6 Å². The lowest BCUT2D eigenvalue weighted by atomic mass is 9.98. The predicted molar refractivity (Wildman–Crippen MR) is 112 cm³/mol. The van der Waals surface area contributed by atoms with E-state index < -0.39 is 46.9 Å². The highest BCUT2D eigenvalue weighted by Crippen LogP contribution is 2.24. The van der Waals surface area contributed by atoms with Crippen LogP contribution in [0.15, 0.2) is 42.6 Å². The molecule has 10 heteroatoms. The van der Waals surface area contributed by atoms with Crippen molar-refractivity contribution < 1.29 is 27.6 Å². The molecule has 2 saturated heterocycles. The van der Waals surface area contributed by atoms with Gasteiger partial charge in [0.2, 0.25) is 11.8 Å². The number of aromatic amines is 1. The predicted octanol–water partition coefficient (Wildman–Crippen LogP) is 1.98. The Labute approximate surface area is 186 Å². The molecule has 0 aliphatic carbocycles. The molecule has 3 heterocycles. The van der Waals surface area contributed by atoms with Gasteiger partial charge < -0.3 is 20.1 Å². The first kappa shape index (κ1) is 21.0. The lowest BCUT2D eigenvalue weighted by molar-refractivity contribution is -0.152. The third-order valence-corrected chi connectivity index (χ3v) is 6.21. The van der Waals surface area contributed by atoms with Crippen LogP contribution in [0, 0.1) is 17.5 Å². The van der Waals surface area contributed by atoms with Crippen LogP contribution in [-0.4, -0.2) is 64.2 Å². The molecule has 0 unspecified atom stereocenters. The standard InChI is InChI=1S/C23H19F3N4O3/c24-15-9-17(26)16(25)8-14(15)22(32)29-5-6-30-20(11-29)21(31)28-19(23(30)33)7-12-10-27-18-4-2-1-3-13(12)18/h1-4,8-10,19-20,27H,5-7,11H2,(H,28,31)/t19-,20+/m0/s1. The van der Waals surface area contributed by atoms with E-state index in [4.69, 9.17) is 0 Å². The van der Waals surface area contributed by atoms with Gasteiger partial charge in [0.25, 0.3) is 5.91 Å². The number of benzene rings is 2. The summed E-state index contributed by atoms with van der Waals surface area (Å²) in [6, 6.07) is 6.76. The van der Waals surface area contributed by atoms with Crippen LogP contribution in [0.1, 0.15) is 15.9 Å². The number of hydrogen-bond donors (Lipinski definition) is 2. The Bertz CT molecular complexity index is 1290. The summed E-state index contributed by atoms with van der Waals surface area (Å²) in [6.07, 6.45) is 2.11. The van der Waals surface area contributed by atoms with E-state index in [1.165, 1.54) is 9.80 Å². The number of carbonyl (C=O) groups excluding carboxylic acids is 3. The summed E-state index contributed by atoms with van der Waals surface area (Å²) in [5, 5.41) is 3.69. The van der Waals surface area contributed by atoms with Gasteiger partial charge in [0.1, 0.15) is 17.9 Å². The van der Waals surface area contributed by atoms with Gasteiger partial charge in [-0.25, -0.2) is 13.2 Å². The number of para-hydroxylation sites is 1. The van der Waals surface area contributed by atoms with Crippen LogP contribution < -0.4 is 5.32 Å². The fourth-order valence-corrected chi connectivity index (χ4v) is 4.50. The molecule has 3 aromatic rings. The van der Waals surface area contributed by atoms with Gasteiger partial charge in [0.15, 0.2) is 11.6 Å². The van der Waals surface area contributed by atoms with E-state index in [0.717, 1.165) is 16.5 Å². The van der Waals surface area contributed by atoms with Crippen LogP contribution in [0.2, 0.25) is 0 Å². The second kappa shape index (κ2) is 7.95. The van der Waals surface area contributed by atoms with Crippen molar-refractivity contribution in [1.29, 1.82) is 0 Å². The zero-order valence-corrected chi connectivity index (χ0v) is 17.3. The van der Waals surface area contributed by atoms with Crippen LogP contribution in [0.3, 0.4) is 0 Å². The maximum absolute atomic E-state index is 14.0. The lowest BCUT2D eigenvalue weighted by Crippen LogP contribution is -2.70. The summed E-state index contributed by atoms with van der Waals surface area (Å²) in [5.74, 6) is -5.49. The van der Waals surface area contributed by atoms with E-state index >= 15 is 0 Å². The van der Waals surface area contributed by atoms with E-state index in [-0.39, 0.29) is 25.5 Å². The number of amides is 3. The van der Waals surface area contributed by atoms with Gasteiger partial charge in [-0.2, -0.15) is 0 Å². The van der Waals surface area contributed by atoms with Crippen molar-refractivity contribution in [2.24, 2.45) is 0 Å². The number of fused-ring (bicyclic) bond motifs is 2. The minimum Gasteiger partial charge on any atom is -0.361 e. The van der Waals surface area contributed by atoms with Gasteiger partial charge in [-0.15, -0.1) is 0 Å². The molecule has 0 radical (unpaired) electrons. The fraction of sp³-hybridized carbons (Fsp3) is 0.261. The molecule has 2 aliphatic rings. The highest BCUT2D eigenvalue weighted by molar-refractivity contribution is 5.99. The zero-order valence-electron chi connectivity index (χ0n) is 17.3. The molecule has 7 nitrogen and oxygen atoms in total. The second-order valence-electron chi connectivity index (χ2n) is 8.17. The summed E-state index contributed by atoms with van der Waals surface area (Å²) >= 11 is 0. The largest absolute Gasteiger partial charge is 0.361 e. The molecule has 2 N–H and O–H groups in total. The second-order valence-corrected chi connectivity index (χ2v) is 8.17. The number of hydrogen-bond acceptors (Lipinski definition) is 3. The minimum atomic E-state index is -1.40. The van der Waals surface area contributed by atoms with Gasteiger partial charge >= 0.3 is 0 Å². The van der Waals surface area contributed by atoms with Crippen molar-refractivity contribution in [2.45, 2.75) is 18.5 Å². The highest BCUT2D eigenvalue weighted by Gasteiger charge is 2.44. The Morgan fingerprint density at radius 3 is 2.61 bits per heavy atom. The lowest BCUT2D eigenvalue weighted by Gasteiger charge is -2.45. The Kier molecular flexibility index (Phi) is 5.07. The first-order chi connectivity index (χ1) is 15.8. The SMILES string of the molecule is O=C1N[C@@H](Cc2c[nH]c3ccccc23)C(=O)N2CCN(C(=O)c3cc(F)c(F)cc3F)C[C@H]12. The third-order valence-electron chi connectivity index (χ3n) is 6.21. The number of halogens is 3. The van der Waals surface area contributed by atoms with Crippen molar-refractivity contribution in [3.05, 3.63) is 71.2 Å². The molecule has 2 aliphatic heterocycles. The Morgan fingerprint density at radius 1 is 1.03 bits per heavy atom. The molecule has 0 spiro atoms. The number of nitrogens with one attached hydrogen (secondary N) is 2. The minimum absolute atomic E-state index is 0.0343. The van der Waals surface area contributed by atoms with Crippen molar-refractivity contribution >= 4 is 28.6 Å². The summed E-state index contributed by atoms with van der Waals surface area (Å²) in [4.78, 5) is 44.3. The maximum atomic E-state index is 14.0. The molecule has 2 atom stereocenters. The van der Waals surface area contributed by atoms with Crippen molar-refractivity contribution in [2.75, 3.05) is 19.6 Å². The highest BCUT2D eigenvalue weighted by atomic mass is 19.2. The molecule has 33 heavy (non-hydrogen) atoms. The molecule has 0 saturated carbocycles. The molecule has 170 valence electrons. The number of piperazine rings is 2.